The van der Waals surface area contributed by atoms with E-state index in [2.05, 4.69) is 10.6 Å². The SMILES string of the molecule is O=C(CSc1ccc(F)cc1)Nc1ccccc1C(=O)NC1CCCC1. The van der Waals surface area contributed by atoms with Crippen LogP contribution in [0.3, 0.4) is 0 Å². The van der Waals surface area contributed by atoms with Gasteiger partial charge in [0.1, 0.15) is 5.82 Å². The van der Waals surface area contributed by atoms with Crippen molar-refractivity contribution in [3.05, 3.63) is 59.9 Å². The van der Waals surface area contributed by atoms with E-state index in [1.807, 2.05) is 0 Å². The summed E-state index contributed by atoms with van der Waals surface area (Å²) in [5.41, 5.74) is 0.979. The van der Waals surface area contributed by atoms with Crippen molar-refractivity contribution in [3.63, 3.8) is 0 Å². The van der Waals surface area contributed by atoms with Crippen molar-refractivity contribution in [2.24, 2.45) is 0 Å². The molecule has 4 nitrogen and oxygen atoms in total. The molecule has 0 atom stereocenters. The minimum Gasteiger partial charge on any atom is -0.349 e. The zero-order valence-electron chi connectivity index (χ0n) is 14.3. The number of benzene rings is 2. The second-order valence-electron chi connectivity index (χ2n) is 6.29. The van der Waals surface area contributed by atoms with Crippen LogP contribution < -0.4 is 10.6 Å². The normalized spacial score (nSPS) is 14.2. The van der Waals surface area contributed by atoms with Gasteiger partial charge in [0.05, 0.1) is 17.0 Å². The number of nitrogens with one attached hydrogen (secondary N) is 2. The molecule has 0 aromatic heterocycles. The topological polar surface area (TPSA) is 58.2 Å². The molecular weight excluding hydrogens is 351 g/mol. The maximum Gasteiger partial charge on any atom is 0.253 e. The van der Waals surface area contributed by atoms with Crippen molar-refractivity contribution in [1.82, 2.24) is 5.32 Å². The number of carbonyl (C=O) groups is 2. The monoisotopic (exact) mass is 372 g/mol. The van der Waals surface area contributed by atoms with Gasteiger partial charge >= 0.3 is 0 Å². The highest BCUT2D eigenvalue weighted by Gasteiger charge is 2.20. The molecule has 0 bridgehead atoms. The van der Waals surface area contributed by atoms with E-state index in [0.717, 1.165) is 30.6 Å². The highest BCUT2D eigenvalue weighted by molar-refractivity contribution is 8.00. The van der Waals surface area contributed by atoms with Gasteiger partial charge in [-0.25, -0.2) is 4.39 Å². The van der Waals surface area contributed by atoms with Gasteiger partial charge in [0, 0.05) is 10.9 Å². The summed E-state index contributed by atoms with van der Waals surface area (Å²) in [5, 5.41) is 5.84. The second-order valence-corrected chi connectivity index (χ2v) is 7.34. The minimum absolute atomic E-state index is 0.154. The standard InChI is InChI=1S/C20H21FN2O2S/c21-14-9-11-16(12-10-14)26-13-19(24)23-18-8-4-3-7-17(18)20(25)22-15-5-1-2-6-15/h3-4,7-12,15H,1-2,5-6,13H2,(H,22,25)(H,23,24). The molecular formula is C20H21FN2O2S. The number of para-hydroxylation sites is 1. The first-order chi connectivity index (χ1) is 12.6. The van der Waals surface area contributed by atoms with Crippen LogP contribution in [0.25, 0.3) is 0 Å². The van der Waals surface area contributed by atoms with E-state index in [9.17, 15) is 14.0 Å². The first-order valence-electron chi connectivity index (χ1n) is 8.70. The average molecular weight is 372 g/mol. The zero-order valence-corrected chi connectivity index (χ0v) is 15.2. The molecule has 26 heavy (non-hydrogen) atoms. The van der Waals surface area contributed by atoms with Gasteiger partial charge in [-0.05, 0) is 49.2 Å². The number of amides is 2. The van der Waals surface area contributed by atoms with Gasteiger partial charge in [-0.3, -0.25) is 9.59 Å². The maximum atomic E-state index is 12.9. The van der Waals surface area contributed by atoms with E-state index in [4.69, 9.17) is 0 Å². The lowest BCUT2D eigenvalue weighted by molar-refractivity contribution is -0.113. The molecule has 0 unspecified atom stereocenters. The summed E-state index contributed by atoms with van der Waals surface area (Å²) in [5.74, 6) is -0.482. The van der Waals surface area contributed by atoms with Crippen LogP contribution in [0, 0.1) is 5.82 Å². The van der Waals surface area contributed by atoms with Gasteiger partial charge in [0.2, 0.25) is 5.91 Å². The van der Waals surface area contributed by atoms with Crippen molar-refractivity contribution < 1.29 is 14.0 Å². The smallest absolute Gasteiger partial charge is 0.253 e. The predicted molar refractivity (Wildman–Crippen MR) is 102 cm³/mol. The van der Waals surface area contributed by atoms with Crippen LogP contribution >= 0.6 is 11.8 Å². The van der Waals surface area contributed by atoms with E-state index in [0.29, 0.717) is 11.3 Å². The summed E-state index contributed by atoms with van der Waals surface area (Å²) in [7, 11) is 0. The number of rotatable bonds is 6. The van der Waals surface area contributed by atoms with Gasteiger partial charge in [-0.1, -0.05) is 25.0 Å². The maximum absolute atomic E-state index is 12.9. The third-order valence-corrected chi connectivity index (χ3v) is 5.33. The molecule has 1 saturated carbocycles. The van der Waals surface area contributed by atoms with Crippen LogP contribution in [0.1, 0.15) is 36.0 Å². The lowest BCUT2D eigenvalue weighted by Gasteiger charge is -2.15. The highest BCUT2D eigenvalue weighted by Crippen LogP contribution is 2.22. The fourth-order valence-electron chi connectivity index (χ4n) is 2.99. The van der Waals surface area contributed by atoms with Gasteiger partial charge in [0.15, 0.2) is 0 Å². The average Bonchev–Trinajstić information content (AvgIpc) is 3.14. The van der Waals surface area contributed by atoms with Crippen molar-refractivity contribution in [1.29, 1.82) is 0 Å². The molecule has 0 saturated heterocycles. The Balaban J connectivity index is 1.59. The number of hydrogen-bond acceptors (Lipinski definition) is 3. The van der Waals surface area contributed by atoms with Crippen molar-refractivity contribution in [3.8, 4) is 0 Å². The van der Waals surface area contributed by atoms with Crippen LogP contribution in [0.4, 0.5) is 10.1 Å². The molecule has 1 fully saturated rings. The van der Waals surface area contributed by atoms with Crippen LogP contribution in [0.5, 0.6) is 0 Å². The second kappa shape index (κ2) is 8.85. The summed E-state index contributed by atoms with van der Waals surface area (Å²) >= 11 is 1.32. The molecule has 6 heteroatoms. The largest absolute Gasteiger partial charge is 0.349 e. The summed E-state index contributed by atoms with van der Waals surface area (Å²) < 4.78 is 12.9. The Bertz CT molecular complexity index is 774. The molecule has 1 aliphatic carbocycles. The number of hydrogen-bond donors (Lipinski definition) is 2. The van der Waals surface area contributed by atoms with E-state index in [-0.39, 0.29) is 29.4 Å². The molecule has 2 aromatic carbocycles. The Hall–Kier alpha value is -2.34. The summed E-state index contributed by atoms with van der Waals surface area (Å²) in [6, 6.07) is 13.2. The van der Waals surface area contributed by atoms with E-state index in [1.165, 1.54) is 23.9 Å². The van der Waals surface area contributed by atoms with E-state index < -0.39 is 0 Å². The molecule has 1 aliphatic rings. The molecule has 2 amide bonds. The lowest BCUT2D eigenvalue weighted by atomic mass is 10.1. The predicted octanol–water partition coefficient (Wildman–Crippen LogP) is 4.23. The lowest BCUT2D eigenvalue weighted by Crippen LogP contribution is -2.33. The van der Waals surface area contributed by atoms with Crippen LogP contribution in [0.2, 0.25) is 0 Å². The van der Waals surface area contributed by atoms with Crippen LogP contribution in [0.15, 0.2) is 53.4 Å². The Kier molecular flexibility index (Phi) is 6.28. The summed E-state index contributed by atoms with van der Waals surface area (Å²) in [4.78, 5) is 25.6. The summed E-state index contributed by atoms with van der Waals surface area (Å²) in [6.45, 7) is 0. The Morgan fingerprint density at radius 2 is 1.73 bits per heavy atom. The third-order valence-electron chi connectivity index (χ3n) is 4.32. The molecule has 0 spiro atoms. The number of carbonyl (C=O) groups excluding carboxylic acids is 2. The van der Waals surface area contributed by atoms with Gasteiger partial charge < -0.3 is 10.6 Å². The molecule has 0 aliphatic heterocycles. The van der Waals surface area contributed by atoms with Crippen LogP contribution in [-0.4, -0.2) is 23.6 Å². The Morgan fingerprint density at radius 1 is 1.04 bits per heavy atom. The van der Waals surface area contributed by atoms with E-state index >= 15 is 0 Å². The Labute approximate surface area is 156 Å². The molecule has 2 N–H and O–H groups in total. The van der Waals surface area contributed by atoms with Gasteiger partial charge in [-0.15, -0.1) is 11.8 Å². The third kappa shape index (κ3) is 5.08. The first-order valence-corrected chi connectivity index (χ1v) is 9.68. The van der Waals surface area contributed by atoms with E-state index in [1.54, 1.807) is 36.4 Å². The molecule has 3 rings (SSSR count). The molecule has 136 valence electrons. The number of anilines is 1. The minimum atomic E-state index is -0.305. The fraction of sp³-hybridized carbons (Fsp3) is 0.300. The van der Waals surface area contributed by atoms with Crippen molar-refractivity contribution >= 4 is 29.3 Å². The quantitative estimate of drug-likeness (QED) is 0.746. The van der Waals surface area contributed by atoms with Crippen LogP contribution in [-0.2, 0) is 4.79 Å². The molecule has 0 radical (unpaired) electrons. The van der Waals surface area contributed by atoms with Crippen molar-refractivity contribution in [2.45, 2.75) is 36.6 Å². The molecule has 2 aromatic rings. The van der Waals surface area contributed by atoms with Crippen molar-refractivity contribution in [2.75, 3.05) is 11.1 Å². The fourth-order valence-corrected chi connectivity index (χ4v) is 3.69. The first kappa shape index (κ1) is 18.5. The van der Waals surface area contributed by atoms with Gasteiger partial charge in [-0.2, -0.15) is 0 Å². The number of thioether (sulfide) groups is 1. The number of halogens is 1. The molecule has 0 heterocycles. The Morgan fingerprint density at radius 3 is 2.46 bits per heavy atom. The zero-order chi connectivity index (χ0) is 18.4. The highest BCUT2D eigenvalue weighted by atomic mass is 32.2. The van der Waals surface area contributed by atoms with Gasteiger partial charge in [0.25, 0.3) is 5.91 Å². The summed E-state index contributed by atoms with van der Waals surface area (Å²) in [6.07, 6.45) is 4.30.